The highest BCUT2D eigenvalue weighted by Gasteiger charge is 2.15. The number of halogens is 2. The van der Waals surface area contributed by atoms with Crippen molar-refractivity contribution in [3.05, 3.63) is 28.5 Å². The first-order chi connectivity index (χ1) is 8.44. The van der Waals surface area contributed by atoms with E-state index in [9.17, 15) is 4.39 Å². The van der Waals surface area contributed by atoms with Gasteiger partial charge in [-0.1, -0.05) is 15.9 Å². The maximum atomic E-state index is 13.3. The van der Waals surface area contributed by atoms with Crippen LogP contribution >= 0.6 is 15.9 Å². The highest BCUT2D eigenvalue weighted by atomic mass is 79.9. The molecule has 0 fully saturated rings. The number of hydrogen-bond acceptors (Lipinski definition) is 2. The van der Waals surface area contributed by atoms with Gasteiger partial charge in [-0.15, -0.1) is 0 Å². The molecule has 0 radical (unpaired) electrons. The van der Waals surface area contributed by atoms with E-state index in [1.807, 2.05) is 13.8 Å². The lowest BCUT2D eigenvalue weighted by Crippen LogP contribution is -2.08. The Hall–Kier alpha value is -1.08. The van der Waals surface area contributed by atoms with Gasteiger partial charge >= 0.3 is 0 Å². The number of nitriles is 1. The van der Waals surface area contributed by atoms with Gasteiger partial charge in [-0.2, -0.15) is 5.26 Å². The van der Waals surface area contributed by atoms with Crippen LogP contribution in [0.15, 0.2) is 22.7 Å². The van der Waals surface area contributed by atoms with Gasteiger partial charge in [0, 0.05) is 4.47 Å². The normalized spacial score (nSPS) is 11.1. The molecule has 1 aromatic carbocycles. The van der Waals surface area contributed by atoms with Gasteiger partial charge in [0.1, 0.15) is 0 Å². The number of hydrogen-bond donors (Lipinski definition) is 0. The molecule has 0 unspecified atom stereocenters. The third-order valence-corrected chi connectivity index (χ3v) is 3.14. The fraction of sp³-hybridized carbons (Fsp3) is 0.500. The van der Waals surface area contributed by atoms with Crippen molar-refractivity contribution in [2.24, 2.45) is 5.41 Å². The minimum absolute atomic E-state index is 0.268. The molecule has 0 spiro atoms. The Morgan fingerprint density at radius 1 is 1.39 bits per heavy atom. The minimum Gasteiger partial charge on any atom is -0.490 e. The summed E-state index contributed by atoms with van der Waals surface area (Å²) in [5, 5.41) is 8.86. The molecule has 0 aliphatic heterocycles. The number of rotatable bonds is 6. The van der Waals surface area contributed by atoms with Crippen LogP contribution in [0.5, 0.6) is 5.75 Å². The monoisotopic (exact) mass is 313 g/mol. The second-order valence-electron chi connectivity index (χ2n) is 4.88. The van der Waals surface area contributed by atoms with Crippen LogP contribution in [0.3, 0.4) is 0 Å². The van der Waals surface area contributed by atoms with Crippen molar-refractivity contribution in [1.82, 2.24) is 0 Å². The lowest BCUT2D eigenvalue weighted by Gasteiger charge is -2.14. The summed E-state index contributed by atoms with van der Waals surface area (Å²) >= 11 is 3.27. The van der Waals surface area contributed by atoms with E-state index in [0.29, 0.717) is 6.61 Å². The SMILES string of the molecule is CC(C)(C#N)CCCCOc1cc(Br)ccc1F. The van der Waals surface area contributed by atoms with E-state index >= 15 is 0 Å². The second kappa shape index (κ2) is 6.75. The molecule has 1 rings (SSSR count). The molecule has 18 heavy (non-hydrogen) atoms. The Kier molecular flexibility index (Phi) is 5.61. The molecule has 0 saturated carbocycles. The van der Waals surface area contributed by atoms with Crippen LogP contribution in [-0.4, -0.2) is 6.61 Å². The zero-order valence-corrected chi connectivity index (χ0v) is 12.3. The van der Waals surface area contributed by atoms with Gasteiger partial charge in [-0.25, -0.2) is 4.39 Å². The van der Waals surface area contributed by atoms with E-state index in [0.717, 1.165) is 23.7 Å². The molecule has 0 saturated heterocycles. The first-order valence-electron chi connectivity index (χ1n) is 5.94. The summed E-state index contributed by atoms with van der Waals surface area (Å²) in [7, 11) is 0. The van der Waals surface area contributed by atoms with Crippen LogP contribution < -0.4 is 4.74 Å². The van der Waals surface area contributed by atoms with Crippen molar-refractivity contribution in [2.75, 3.05) is 6.61 Å². The highest BCUT2D eigenvalue weighted by Crippen LogP contribution is 2.24. The molecule has 0 aromatic heterocycles. The standard InChI is InChI=1S/C14H17BrFNO/c1-14(2,10-17)7-3-4-8-18-13-9-11(15)5-6-12(13)16/h5-6,9H,3-4,7-8H2,1-2H3. The largest absolute Gasteiger partial charge is 0.490 e. The van der Waals surface area contributed by atoms with Gasteiger partial charge in [-0.3, -0.25) is 0 Å². The number of unbranched alkanes of at least 4 members (excludes halogenated alkanes) is 1. The summed E-state index contributed by atoms with van der Waals surface area (Å²) in [5.41, 5.74) is -0.291. The summed E-state index contributed by atoms with van der Waals surface area (Å²) in [5.74, 6) is -0.0838. The van der Waals surface area contributed by atoms with Gasteiger partial charge in [0.15, 0.2) is 11.6 Å². The van der Waals surface area contributed by atoms with Crippen LogP contribution in [0.2, 0.25) is 0 Å². The van der Waals surface area contributed by atoms with Gasteiger partial charge in [0.05, 0.1) is 18.1 Å². The Labute approximate surface area is 116 Å². The maximum absolute atomic E-state index is 13.3. The molecule has 0 heterocycles. The van der Waals surface area contributed by atoms with Crippen molar-refractivity contribution in [1.29, 1.82) is 5.26 Å². The lowest BCUT2D eigenvalue weighted by molar-refractivity contribution is 0.282. The zero-order valence-electron chi connectivity index (χ0n) is 10.7. The fourth-order valence-corrected chi connectivity index (χ4v) is 1.83. The molecule has 98 valence electrons. The smallest absolute Gasteiger partial charge is 0.165 e. The Morgan fingerprint density at radius 3 is 2.78 bits per heavy atom. The van der Waals surface area contributed by atoms with Crippen LogP contribution in [0.25, 0.3) is 0 Å². The van der Waals surface area contributed by atoms with Gasteiger partial charge < -0.3 is 4.74 Å². The molecule has 0 aliphatic carbocycles. The molecule has 1 aromatic rings. The van der Waals surface area contributed by atoms with E-state index in [4.69, 9.17) is 10.00 Å². The van der Waals surface area contributed by atoms with Crippen LogP contribution in [0, 0.1) is 22.6 Å². The Bertz CT molecular complexity index is 440. The van der Waals surface area contributed by atoms with Crippen LogP contribution in [-0.2, 0) is 0 Å². The number of nitrogens with zero attached hydrogens (tertiary/aromatic N) is 1. The topological polar surface area (TPSA) is 33.0 Å². The molecule has 0 aliphatic rings. The molecule has 0 N–H and O–H groups in total. The molecule has 0 atom stereocenters. The average molecular weight is 314 g/mol. The van der Waals surface area contributed by atoms with Crippen molar-refractivity contribution >= 4 is 15.9 Å². The fourth-order valence-electron chi connectivity index (χ4n) is 1.49. The van der Waals surface area contributed by atoms with E-state index < -0.39 is 0 Å². The van der Waals surface area contributed by atoms with E-state index in [2.05, 4.69) is 22.0 Å². The molecule has 0 bridgehead atoms. The molecular formula is C14H17BrFNO. The first-order valence-corrected chi connectivity index (χ1v) is 6.73. The van der Waals surface area contributed by atoms with Crippen LogP contribution in [0.4, 0.5) is 4.39 Å². The van der Waals surface area contributed by atoms with Crippen molar-refractivity contribution in [3.8, 4) is 11.8 Å². The molecule has 2 nitrogen and oxygen atoms in total. The summed E-state index contributed by atoms with van der Waals surface area (Å²) < 4.78 is 19.5. The number of benzene rings is 1. The van der Waals surface area contributed by atoms with Gasteiger partial charge in [0.25, 0.3) is 0 Å². The minimum atomic E-state index is -0.351. The van der Waals surface area contributed by atoms with Crippen molar-refractivity contribution in [3.63, 3.8) is 0 Å². The summed E-state index contributed by atoms with van der Waals surface area (Å²) in [6.07, 6.45) is 2.54. The van der Waals surface area contributed by atoms with Crippen LogP contribution in [0.1, 0.15) is 33.1 Å². The Morgan fingerprint density at radius 2 is 2.11 bits per heavy atom. The second-order valence-corrected chi connectivity index (χ2v) is 5.79. The zero-order chi connectivity index (χ0) is 13.6. The number of ether oxygens (including phenoxy) is 1. The summed E-state index contributed by atoms with van der Waals surface area (Å²) in [4.78, 5) is 0. The molecular weight excluding hydrogens is 297 g/mol. The molecule has 4 heteroatoms. The average Bonchev–Trinajstić information content (AvgIpc) is 2.33. The summed E-state index contributed by atoms with van der Waals surface area (Å²) in [6, 6.07) is 6.89. The van der Waals surface area contributed by atoms with Gasteiger partial charge in [-0.05, 0) is 51.3 Å². The lowest BCUT2D eigenvalue weighted by atomic mass is 9.89. The quantitative estimate of drug-likeness (QED) is 0.714. The highest BCUT2D eigenvalue weighted by molar-refractivity contribution is 9.10. The third-order valence-electron chi connectivity index (χ3n) is 2.65. The summed E-state index contributed by atoms with van der Waals surface area (Å²) in [6.45, 7) is 4.30. The predicted octanol–water partition coefficient (Wildman–Crippen LogP) is 4.69. The van der Waals surface area contributed by atoms with Crippen molar-refractivity contribution in [2.45, 2.75) is 33.1 Å². The molecule has 0 amide bonds. The Balaban J connectivity index is 2.30. The third kappa shape index (κ3) is 5.05. The first kappa shape index (κ1) is 15.0. The van der Waals surface area contributed by atoms with E-state index in [1.54, 1.807) is 12.1 Å². The van der Waals surface area contributed by atoms with Crippen molar-refractivity contribution < 1.29 is 9.13 Å². The van der Waals surface area contributed by atoms with Gasteiger partial charge in [0.2, 0.25) is 0 Å². The van der Waals surface area contributed by atoms with E-state index in [-0.39, 0.29) is 17.0 Å². The predicted molar refractivity (Wildman–Crippen MR) is 72.8 cm³/mol. The maximum Gasteiger partial charge on any atom is 0.165 e. The van der Waals surface area contributed by atoms with E-state index in [1.165, 1.54) is 6.07 Å².